The van der Waals surface area contributed by atoms with E-state index in [1.54, 1.807) is 43.3 Å². The molecule has 0 saturated heterocycles. The number of hydrogen-bond acceptors (Lipinski definition) is 5. The van der Waals surface area contributed by atoms with Gasteiger partial charge in [-0.1, -0.05) is 31.0 Å². The lowest BCUT2D eigenvalue weighted by atomic mass is 10.1. The van der Waals surface area contributed by atoms with E-state index in [2.05, 4.69) is 5.32 Å². The summed E-state index contributed by atoms with van der Waals surface area (Å²) >= 11 is 0. The highest BCUT2D eigenvalue weighted by molar-refractivity contribution is 7.92. The van der Waals surface area contributed by atoms with E-state index >= 15 is 0 Å². The first-order valence-corrected chi connectivity index (χ1v) is 14.0. The highest BCUT2D eigenvalue weighted by atomic mass is 32.2. The van der Waals surface area contributed by atoms with Crippen molar-refractivity contribution in [2.24, 2.45) is 0 Å². The molecule has 3 rings (SSSR count). The molecular weight excluding hydrogens is 485 g/mol. The molecule has 0 radical (unpaired) electrons. The third kappa shape index (κ3) is 7.19. The average molecular weight is 520 g/mol. The number of hydrogen-bond donors (Lipinski definition) is 1. The topological polar surface area (TPSA) is 96.0 Å². The number of rotatable bonds is 11. The molecule has 1 aliphatic rings. The Labute approximate surface area is 212 Å². The normalized spacial score (nSPS) is 14.8. The second-order valence-electron chi connectivity index (χ2n) is 8.98. The van der Waals surface area contributed by atoms with Crippen LogP contribution in [-0.4, -0.2) is 56.6 Å². The zero-order valence-corrected chi connectivity index (χ0v) is 21.8. The van der Waals surface area contributed by atoms with Crippen molar-refractivity contribution in [3.05, 3.63) is 59.9 Å². The van der Waals surface area contributed by atoms with Gasteiger partial charge in [0.2, 0.25) is 21.8 Å². The lowest BCUT2D eigenvalue weighted by Crippen LogP contribution is -2.52. The number of nitrogens with one attached hydrogen (secondary N) is 1. The van der Waals surface area contributed by atoms with Crippen LogP contribution in [0.5, 0.6) is 5.75 Å². The Morgan fingerprint density at radius 1 is 1.11 bits per heavy atom. The first kappa shape index (κ1) is 27.4. The van der Waals surface area contributed by atoms with Crippen LogP contribution in [0.15, 0.2) is 48.5 Å². The SMILES string of the molecule is CCOc1ccc(N(CC(=O)N(Cc2ccccc2F)[C@@H](C)C(=O)NC2CCCC2)S(C)(=O)=O)cc1. The Balaban J connectivity index is 1.87. The molecule has 0 aromatic heterocycles. The Hall–Kier alpha value is -3.14. The quantitative estimate of drug-likeness (QED) is 0.491. The summed E-state index contributed by atoms with van der Waals surface area (Å²) in [5.74, 6) is -0.908. The van der Waals surface area contributed by atoms with Gasteiger partial charge in [-0.25, -0.2) is 12.8 Å². The maximum atomic E-state index is 14.5. The minimum Gasteiger partial charge on any atom is -0.494 e. The van der Waals surface area contributed by atoms with Gasteiger partial charge in [-0.05, 0) is 57.0 Å². The van der Waals surface area contributed by atoms with E-state index in [-0.39, 0.29) is 29.7 Å². The summed E-state index contributed by atoms with van der Waals surface area (Å²) < 4.78 is 46.1. The van der Waals surface area contributed by atoms with Crippen LogP contribution in [0.2, 0.25) is 0 Å². The summed E-state index contributed by atoms with van der Waals surface area (Å²) in [7, 11) is -3.85. The fourth-order valence-electron chi connectivity index (χ4n) is 4.27. The minimum atomic E-state index is -3.85. The highest BCUT2D eigenvalue weighted by Gasteiger charge is 2.31. The number of benzene rings is 2. The van der Waals surface area contributed by atoms with Gasteiger partial charge in [0, 0.05) is 18.2 Å². The number of amides is 2. The van der Waals surface area contributed by atoms with Gasteiger partial charge >= 0.3 is 0 Å². The van der Waals surface area contributed by atoms with Crippen LogP contribution >= 0.6 is 0 Å². The second-order valence-corrected chi connectivity index (χ2v) is 10.9. The van der Waals surface area contributed by atoms with E-state index in [4.69, 9.17) is 4.74 Å². The van der Waals surface area contributed by atoms with Gasteiger partial charge in [-0.15, -0.1) is 0 Å². The predicted octanol–water partition coefficient (Wildman–Crippen LogP) is 3.47. The summed E-state index contributed by atoms with van der Waals surface area (Å²) in [5.41, 5.74) is 0.515. The summed E-state index contributed by atoms with van der Waals surface area (Å²) in [6, 6.07) is 11.5. The fraction of sp³-hybridized carbons (Fsp3) is 0.462. The van der Waals surface area contributed by atoms with E-state index in [9.17, 15) is 22.4 Å². The monoisotopic (exact) mass is 519 g/mol. The molecule has 1 N–H and O–H groups in total. The van der Waals surface area contributed by atoms with Crippen molar-refractivity contribution in [1.29, 1.82) is 0 Å². The Morgan fingerprint density at radius 3 is 2.33 bits per heavy atom. The summed E-state index contributed by atoms with van der Waals surface area (Å²) in [6.07, 6.45) is 4.82. The van der Waals surface area contributed by atoms with Crippen molar-refractivity contribution in [2.45, 2.75) is 58.2 Å². The van der Waals surface area contributed by atoms with Gasteiger partial charge in [0.25, 0.3) is 0 Å². The van der Waals surface area contributed by atoms with Crippen molar-refractivity contribution in [3.63, 3.8) is 0 Å². The van der Waals surface area contributed by atoms with Crippen LogP contribution in [0.25, 0.3) is 0 Å². The van der Waals surface area contributed by atoms with Gasteiger partial charge in [0.05, 0.1) is 18.6 Å². The lowest BCUT2D eigenvalue weighted by Gasteiger charge is -2.32. The predicted molar refractivity (Wildman–Crippen MR) is 137 cm³/mol. The van der Waals surface area contributed by atoms with Gasteiger partial charge in [-0.2, -0.15) is 0 Å². The van der Waals surface area contributed by atoms with Crippen LogP contribution in [0, 0.1) is 5.82 Å². The highest BCUT2D eigenvalue weighted by Crippen LogP contribution is 2.23. The van der Waals surface area contributed by atoms with Gasteiger partial charge in [-0.3, -0.25) is 13.9 Å². The lowest BCUT2D eigenvalue weighted by molar-refractivity contribution is -0.139. The summed E-state index contributed by atoms with van der Waals surface area (Å²) in [5, 5.41) is 2.98. The maximum Gasteiger partial charge on any atom is 0.244 e. The molecule has 36 heavy (non-hydrogen) atoms. The molecule has 1 aliphatic carbocycles. The Kier molecular flexibility index (Phi) is 9.31. The molecule has 0 heterocycles. The van der Waals surface area contributed by atoms with E-state index in [1.807, 2.05) is 6.92 Å². The first-order chi connectivity index (χ1) is 17.1. The molecule has 10 heteroatoms. The molecule has 8 nitrogen and oxygen atoms in total. The van der Waals surface area contributed by atoms with Crippen LogP contribution in [-0.2, 0) is 26.2 Å². The second kappa shape index (κ2) is 12.2. The molecule has 2 aromatic rings. The van der Waals surface area contributed by atoms with E-state index < -0.39 is 34.3 Å². The van der Waals surface area contributed by atoms with Crippen LogP contribution in [0.1, 0.15) is 45.1 Å². The molecular formula is C26H34FN3O5S. The molecule has 2 amide bonds. The van der Waals surface area contributed by atoms with Crippen molar-refractivity contribution < 1.29 is 27.1 Å². The van der Waals surface area contributed by atoms with Crippen LogP contribution < -0.4 is 14.4 Å². The number of anilines is 1. The minimum absolute atomic E-state index is 0.0433. The molecule has 1 atom stereocenters. The molecule has 0 aliphatic heterocycles. The molecule has 0 bridgehead atoms. The zero-order valence-electron chi connectivity index (χ0n) is 20.9. The van der Waals surface area contributed by atoms with E-state index in [1.165, 1.54) is 17.0 Å². The number of sulfonamides is 1. The van der Waals surface area contributed by atoms with Gasteiger partial charge in [0.15, 0.2) is 0 Å². The number of nitrogens with zero attached hydrogens (tertiary/aromatic N) is 2. The molecule has 0 unspecified atom stereocenters. The number of carbonyl (C=O) groups is 2. The Morgan fingerprint density at radius 2 is 1.75 bits per heavy atom. The first-order valence-electron chi connectivity index (χ1n) is 12.1. The number of halogens is 1. The molecule has 1 saturated carbocycles. The standard InChI is InChI=1S/C26H34FN3O5S/c1-4-35-23-15-13-22(14-16-23)30(36(3,33)34)18-25(31)29(17-20-9-5-8-12-24(20)27)19(2)26(32)28-21-10-6-7-11-21/h5,8-9,12-16,19,21H,4,6-7,10-11,17-18H2,1-3H3,(H,28,32)/t19-/m0/s1. The Bertz CT molecular complexity index is 1150. The third-order valence-electron chi connectivity index (χ3n) is 6.28. The van der Waals surface area contributed by atoms with E-state index in [0.29, 0.717) is 12.4 Å². The molecule has 196 valence electrons. The average Bonchev–Trinajstić information content (AvgIpc) is 3.34. The van der Waals surface area contributed by atoms with Crippen molar-refractivity contribution in [1.82, 2.24) is 10.2 Å². The van der Waals surface area contributed by atoms with Gasteiger partial charge < -0.3 is 15.0 Å². The van der Waals surface area contributed by atoms with E-state index in [0.717, 1.165) is 36.2 Å². The maximum absolute atomic E-state index is 14.5. The summed E-state index contributed by atoms with van der Waals surface area (Å²) in [4.78, 5) is 27.8. The number of ether oxygens (including phenoxy) is 1. The molecule has 2 aromatic carbocycles. The van der Waals surface area contributed by atoms with Crippen LogP contribution in [0.3, 0.4) is 0 Å². The van der Waals surface area contributed by atoms with Crippen molar-refractivity contribution in [2.75, 3.05) is 23.7 Å². The van der Waals surface area contributed by atoms with Crippen molar-refractivity contribution >= 4 is 27.5 Å². The smallest absolute Gasteiger partial charge is 0.244 e. The van der Waals surface area contributed by atoms with Crippen LogP contribution in [0.4, 0.5) is 10.1 Å². The number of carbonyl (C=O) groups excluding carboxylic acids is 2. The largest absolute Gasteiger partial charge is 0.494 e. The van der Waals surface area contributed by atoms with Crippen molar-refractivity contribution in [3.8, 4) is 5.75 Å². The third-order valence-corrected chi connectivity index (χ3v) is 7.42. The molecule has 0 spiro atoms. The van der Waals surface area contributed by atoms with Gasteiger partial charge in [0.1, 0.15) is 24.2 Å². The molecule has 1 fully saturated rings. The fourth-order valence-corrected chi connectivity index (χ4v) is 5.12. The zero-order chi connectivity index (χ0) is 26.3. The summed E-state index contributed by atoms with van der Waals surface area (Å²) in [6.45, 7) is 3.15.